The summed E-state index contributed by atoms with van der Waals surface area (Å²) in [5, 5.41) is 9.14. The van der Waals surface area contributed by atoms with E-state index < -0.39 is 0 Å². The van der Waals surface area contributed by atoms with Gasteiger partial charge in [-0.25, -0.2) is 0 Å². The molecule has 1 aromatic carbocycles. The number of nitrogens with zero attached hydrogens (tertiary/aromatic N) is 1. The Kier molecular flexibility index (Phi) is 3.65. The van der Waals surface area contributed by atoms with Crippen molar-refractivity contribution in [3.05, 3.63) is 29.3 Å². The Balaban J connectivity index is 2.27. The first kappa shape index (κ1) is 11.9. The summed E-state index contributed by atoms with van der Waals surface area (Å²) in [6, 6.07) is 8.33. The van der Waals surface area contributed by atoms with Crippen molar-refractivity contribution in [2.24, 2.45) is 5.92 Å². The summed E-state index contributed by atoms with van der Waals surface area (Å²) in [4.78, 5) is 0. The van der Waals surface area contributed by atoms with E-state index in [0.717, 1.165) is 36.3 Å². The quantitative estimate of drug-likeness (QED) is 0.785. The predicted molar refractivity (Wildman–Crippen MR) is 64.8 cm³/mol. The second-order valence-electron chi connectivity index (χ2n) is 4.40. The fraction of sp³-hybridized carbons (Fsp3) is 0.500. The highest BCUT2D eigenvalue weighted by Gasteiger charge is 2.27. The molecule has 2 unspecified atom stereocenters. The second kappa shape index (κ2) is 5.20. The Hall–Kier alpha value is -1.53. The minimum Gasteiger partial charge on any atom is -0.496 e. The summed E-state index contributed by atoms with van der Waals surface area (Å²) in [6.07, 6.45) is 1.81. The van der Waals surface area contributed by atoms with Gasteiger partial charge in [0.15, 0.2) is 0 Å². The van der Waals surface area contributed by atoms with Crippen molar-refractivity contribution in [3.63, 3.8) is 0 Å². The van der Waals surface area contributed by atoms with E-state index in [2.05, 4.69) is 12.1 Å². The van der Waals surface area contributed by atoms with Gasteiger partial charge in [-0.2, -0.15) is 5.26 Å². The summed E-state index contributed by atoms with van der Waals surface area (Å²) in [7, 11) is 1.66. The van der Waals surface area contributed by atoms with Gasteiger partial charge >= 0.3 is 0 Å². The Morgan fingerprint density at radius 2 is 2.29 bits per heavy atom. The lowest BCUT2D eigenvalue weighted by Crippen LogP contribution is -2.21. The van der Waals surface area contributed by atoms with Gasteiger partial charge in [0.05, 0.1) is 25.2 Å². The molecule has 0 saturated carbocycles. The average molecular weight is 231 g/mol. The van der Waals surface area contributed by atoms with Crippen LogP contribution < -0.4 is 4.74 Å². The molecule has 0 spiro atoms. The van der Waals surface area contributed by atoms with Crippen LogP contribution in [0.25, 0.3) is 0 Å². The van der Waals surface area contributed by atoms with Crippen LogP contribution in [0, 0.1) is 24.2 Å². The van der Waals surface area contributed by atoms with Crippen LogP contribution in [-0.4, -0.2) is 13.7 Å². The van der Waals surface area contributed by atoms with Gasteiger partial charge in [-0.15, -0.1) is 0 Å². The Labute approximate surface area is 102 Å². The molecule has 3 heteroatoms. The first-order valence-corrected chi connectivity index (χ1v) is 5.92. The monoisotopic (exact) mass is 231 g/mol. The molecule has 0 aliphatic carbocycles. The predicted octanol–water partition coefficient (Wildman–Crippen LogP) is 2.99. The molecule has 1 aromatic rings. The van der Waals surface area contributed by atoms with E-state index in [1.165, 1.54) is 0 Å². The maximum Gasteiger partial charge on any atom is 0.121 e. The maximum atomic E-state index is 9.14. The molecule has 90 valence electrons. The van der Waals surface area contributed by atoms with E-state index in [1.54, 1.807) is 7.11 Å². The van der Waals surface area contributed by atoms with Crippen LogP contribution in [0.15, 0.2) is 18.2 Å². The minimum absolute atomic E-state index is 0.0310. The molecule has 17 heavy (non-hydrogen) atoms. The number of rotatable bonds is 2. The highest BCUT2D eigenvalue weighted by molar-refractivity contribution is 5.37. The first-order valence-electron chi connectivity index (χ1n) is 5.92. The number of hydrogen-bond acceptors (Lipinski definition) is 3. The third-order valence-electron chi connectivity index (χ3n) is 3.24. The number of hydrogen-bond donors (Lipinski definition) is 0. The highest BCUT2D eigenvalue weighted by Crippen LogP contribution is 2.34. The molecule has 1 heterocycles. The van der Waals surface area contributed by atoms with E-state index in [-0.39, 0.29) is 12.0 Å². The van der Waals surface area contributed by atoms with Crippen molar-refractivity contribution < 1.29 is 9.47 Å². The van der Waals surface area contributed by atoms with Crippen LogP contribution in [0.3, 0.4) is 0 Å². The van der Waals surface area contributed by atoms with Crippen molar-refractivity contribution >= 4 is 0 Å². The molecule has 0 N–H and O–H groups in total. The maximum absolute atomic E-state index is 9.14. The fourth-order valence-corrected chi connectivity index (χ4v) is 2.32. The number of benzene rings is 1. The number of aryl methyl sites for hydroxylation is 1. The Morgan fingerprint density at radius 3 is 2.94 bits per heavy atom. The van der Waals surface area contributed by atoms with E-state index in [9.17, 15) is 0 Å². The lowest BCUT2D eigenvalue weighted by atomic mass is 9.90. The summed E-state index contributed by atoms with van der Waals surface area (Å²) in [6.45, 7) is 2.75. The molecular formula is C14H17NO2. The van der Waals surface area contributed by atoms with E-state index in [1.807, 2.05) is 19.1 Å². The van der Waals surface area contributed by atoms with Crippen LogP contribution in [0.2, 0.25) is 0 Å². The highest BCUT2D eigenvalue weighted by atomic mass is 16.5. The SMILES string of the molecule is COc1ccc(C2OCCCC2C#N)cc1C. The summed E-state index contributed by atoms with van der Waals surface area (Å²) < 4.78 is 11.0. The van der Waals surface area contributed by atoms with Crippen LogP contribution in [0.4, 0.5) is 0 Å². The average Bonchev–Trinajstić information content (AvgIpc) is 2.38. The van der Waals surface area contributed by atoms with Gasteiger partial charge < -0.3 is 9.47 Å². The molecule has 0 bridgehead atoms. The van der Waals surface area contributed by atoms with E-state index in [4.69, 9.17) is 14.7 Å². The number of ether oxygens (including phenoxy) is 2. The van der Waals surface area contributed by atoms with Gasteiger partial charge in [-0.05, 0) is 43.0 Å². The van der Waals surface area contributed by atoms with Crippen molar-refractivity contribution in [1.82, 2.24) is 0 Å². The topological polar surface area (TPSA) is 42.2 Å². The molecule has 1 fully saturated rings. The zero-order chi connectivity index (χ0) is 12.3. The largest absolute Gasteiger partial charge is 0.496 e. The molecule has 1 saturated heterocycles. The van der Waals surface area contributed by atoms with Crippen LogP contribution in [0.5, 0.6) is 5.75 Å². The van der Waals surface area contributed by atoms with E-state index >= 15 is 0 Å². The van der Waals surface area contributed by atoms with Crippen LogP contribution >= 0.6 is 0 Å². The fourth-order valence-electron chi connectivity index (χ4n) is 2.32. The molecule has 1 aliphatic heterocycles. The smallest absolute Gasteiger partial charge is 0.121 e. The number of nitriles is 1. The zero-order valence-corrected chi connectivity index (χ0v) is 10.3. The lowest BCUT2D eigenvalue weighted by Gasteiger charge is -2.28. The third kappa shape index (κ3) is 2.42. The molecule has 2 rings (SSSR count). The van der Waals surface area contributed by atoms with Gasteiger partial charge in [0.25, 0.3) is 0 Å². The Morgan fingerprint density at radius 1 is 1.47 bits per heavy atom. The molecule has 0 amide bonds. The van der Waals surface area contributed by atoms with E-state index in [0.29, 0.717) is 0 Å². The second-order valence-corrected chi connectivity index (χ2v) is 4.40. The normalized spacial score (nSPS) is 24.1. The molecule has 0 radical (unpaired) electrons. The summed E-state index contributed by atoms with van der Waals surface area (Å²) in [5.74, 6) is 0.842. The van der Waals surface area contributed by atoms with Gasteiger partial charge in [-0.1, -0.05) is 6.07 Å². The van der Waals surface area contributed by atoms with Crippen molar-refractivity contribution in [2.45, 2.75) is 25.9 Å². The number of methoxy groups -OCH3 is 1. The molecule has 3 nitrogen and oxygen atoms in total. The molecule has 2 atom stereocenters. The minimum atomic E-state index is -0.0849. The zero-order valence-electron chi connectivity index (χ0n) is 10.3. The molecule has 0 aromatic heterocycles. The summed E-state index contributed by atoms with van der Waals surface area (Å²) in [5.41, 5.74) is 2.16. The van der Waals surface area contributed by atoms with Crippen molar-refractivity contribution in [2.75, 3.05) is 13.7 Å². The molecule has 1 aliphatic rings. The Bertz CT molecular complexity index is 436. The van der Waals surface area contributed by atoms with Crippen molar-refractivity contribution in [1.29, 1.82) is 5.26 Å². The van der Waals surface area contributed by atoms with Gasteiger partial charge in [-0.3, -0.25) is 0 Å². The summed E-state index contributed by atoms with van der Waals surface area (Å²) >= 11 is 0. The standard InChI is InChI=1S/C14H17NO2/c1-10-8-11(5-6-13(10)16-2)14-12(9-15)4-3-7-17-14/h5-6,8,12,14H,3-4,7H2,1-2H3. The van der Waals surface area contributed by atoms with Crippen LogP contribution in [-0.2, 0) is 4.74 Å². The van der Waals surface area contributed by atoms with Crippen LogP contribution in [0.1, 0.15) is 30.1 Å². The van der Waals surface area contributed by atoms with Gasteiger partial charge in [0.1, 0.15) is 5.75 Å². The van der Waals surface area contributed by atoms with Gasteiger partial charge in [0.2, 0.25) is 0 Å². The van der Waals surface area contributed by atoms with Crippen molar-refractivity contribution in [3.8, 4) is 11.8 Å². The first-order chi connectivity index (χ1) is 8.26. The lowest BCUT2D eigenvalue weighted by molar-refractivity contribution is -0.0102. The van der Waals surface area contributed by atoms with Gasteiger partial charge in [0, 0.05) is 6.61 Å². The third-order valence-corrected chi connectivity index (χ3v) is 3.24. The molecular weight excluding hydrogens is 214 g/mol.